The SMILES string of the molecule is CC[C@@H]1C[C@]1(NC(=O)C1C[C@@H]2CN1C(=O)[C@H](C(C)(C)C)NC(=O)OCC(C)(C)CCC=Cc1cccc3c1CN(C3)C(=O)O2)C(=O)NS(=O)(=O)C1CC1. The number of alkyl carbamates (subject to hydrolysis) is 1. The van der Waals surface area contributed by atoms with Crippen LogP contribution in [0, 0.1) is 16.7 Å². The topological polar surface area (TPSA) is 181 Å². The van der Waals surface area contributed by atoms with Crippen molar-refractivity contribution in [2.45, 2.75) is 129 Å². The number of carbonyl (C=O) groups excluding carboxylic acids is 5. The molecule has 2 aliphatic carbocycles. The number of ether oxygens (including phenoxy) is 2. The quantitative estimate of drug-likeness (QED) is 0.387. The highest BCUT2D eigenvalue weighted by molar-refractivity contribution is 7.91. The molecule has 1 aromatic carbocycles. The number of hydrogen-bond acceptors (Lipinski definition) is 9. The molecule has 5 atom stereocenters. The van der Waals surface area contributed by atoms with Gasteiger partial charge in [-0.15, -0.1) is 0 Å². The fraction of sp³-hybridized carbons (Fsp3) is 0.658. The monoisotopic (exact) mass is 755 g/mol. The smallest absolute Gasteiger partial charge is 0.410 e. The van der Waals surface area contributed by atoms with E-state index in [-0.39, 0.29) is 37.3 Å². The van der Waals surface area contributed by atoms with Gasteiger partial charge in [0.2, 0.25) is 21.8 Å². The summed E-state index contributed by atoms with van der Waals surface area (Å²) in [4.78, 5) is 72.0. The first-order valence-corrected chi connectivity index (χ1v) is 20.2. The number of hydrogen-bond donors (Lipinski definition) is 3. The Hall–Kier alpha value is -4.14. The Balaban J connectivity index is 1.29. The van der Waals surface area contributed by atoms with Gasteiger partial charge in [-0.05, 0) is 65.5 Å². The van der Waals surface area contributed by atoms with E-state index in [9.17, 15) is 32.4 Å². The largest absolute Gasteiger partial charge is 0.449 e. The molecule has 5 amide bonds. The van der Waals surface area contributed by atoms with Crippen molar-refractivity contribution in [3.8, 4) is 0 Å². The highest BCUT2D eigenvalue weighted by Gasteiger charge is 2.62. The van der Waals surface area contributed by atoms with Crippen LogP contribution in [0.3, 0.4) is 0 Å². The summed E-state index contributed by atoms with van der Waals surface area (Å²) in [5.74, 6) is -2.36. The Morgan fingerprint density at radius 1 is 1.09 bits per heavy atom. The lowest BCUT2D eigenvalue weighted by molar-refractivity contribution is -0.143. The maximum Gasteiger partial charge on any atom is 0.410 e. The summed E-state index contributed by atoms with van der Waals surface area (Å²) in [6.45, 7) is 11.8. The van der Waals surface area contributed by atoms with Gasteiger partial charge in [-0.25, -0.2) is 18.0 Å². The fourth-order valence-corrected chi connectivity index (χ4v) is 8.98. The summed E-state index contributed by atoms with van der Waals surface area (Å²) in [7, 11) is -3.88. The Bertz CT molecular complexity index is 1800. The van der Waals surface area contributed by atoms with E-state index in [4.69, 9.17) is 9.47 Å². The Morgan fingerprint density at radius 2 is 1.83 bits per heavy atom. The van der Waals surface area contributed by atoms with Crippen LogP contribution in [-0.2, 0) is 47.0 Å². The average Bonchev–Trinajstić information content (AvgIpc) is 3.97. The van der Waals surface area contributed by atoms with Crippen molar-refractivity contribution < 1.29 is 41.9 Å². The number of nitrogens with zero attached hydrogens (tertiary/aromatic N) is 2. The fourth-order valence-electron chi connectivity index (χ4n) is 7.61. The zero-order chi connectivity index (χ0) is 38.5. The summed E-state index contributed by atoms with van der Waals surface area (Å²) in [5.41, 5.74) is 0.357. The van der Waals surface area contributed by atoms with Crippen molar-refractivity contribution in [1.82, 2.24) is 25.2 Å². The molecule has 1 aromatic rings. The summed E-state index contributed by atoms with van der Waals surface area (Å²) in [6.07, 6.45) is 4.94. The second kappa shape index (κ2) is 14.3. The Labute approximate surface area is 311 Å². The van der Waals surface area contributed by atoms with Gasteiger partial charge in [-0.2, -0.15) is 0 Å². The van der Waals surface area contributed by atoms with E-state index >= 15 is 0 Å². The predicted octanol–water partition coefficient (Wildman–Crippen LogP) is 3.98. The summed E-state index contributed by atoms with van der Waals surface area (Å²) >= 11 is 0. The molecule has 0 spiro atoms. The van der Waals surface area contributed by atoms with E-state index in [1.807, 2.05) is 45.0 Å². The molecule has 290 valence electrons. The van der Waals surface area contributed by atoms with E-state index in [1.54, 1.807) is 25.7 Å². The standard InChI is InChI=1S/C38H53N5O9S/c1-7-25-18-38(25,33(46)41-53(49,50)27-14-15-27)40-31(44)29-17-26-20-43(29)32(45)30(36(2,3)4)39-34(47)51-22-37(5,6)16-9-8-11-23-12-10-13-24-19-42(21-28(23)24)35(48)52-26/h8,10-13,25-27,29-30H,7,9,14-22H2,1-6H3,(H,39,47)(H,40,44)(H,41,46)/t25-,26-,29?,30-,38-/m1/s1. The third-order valence-electron chi connectivity index (χ3n) is 11.2. The van der Waals surface area contributed by atoms with Crippen LogP contribution >= 0.6 is 0 Å². The molecule has 2 saturated carbocycles. The van der Waals surface area contributed by atoms with Gasteiger partial charge in [-0.3, -0.25) is 24.0 Å². The lowest BCUT2D eigenvalue weighted by atomic mass is 9.85. The molecule has 3 aliphatic heterocycles. The molecule has 15 heteroatoms. The molecule has 3 fully saturated rings. The molecule has 3 heterocycles. The molecule has 0 radical (unpaired) electrons. The van der Waals surface area contributed by atoms with Crippen molar-refractivity contribution in [3.05, 3.63) is 41.0 Å². The highest BCUT2D eigenvalue weighted by atomic mass is 32.2. The van der Waals surface area contributed by atoms with Crippen LogP contribution in [0.1, 0.15) is 103 Å². The van der Waals surface area contributed by atoms with Crippen LogP contribution in [-0.4, -0.2) is 90.3 Å². The van der Waals surface area contributed by atoms with Gasteiger partial charge in [-0.1, -0.05) is 78.3 Å². The molecule has 1 unspecified atom stereocenters. The van der Waals surface area contributed by atoms with Gasteiger partial charge in [0.05, 0.1) is 24.9 Å². The molecule has 4 bridgehead atoms. The van der Waals surface area contributed by atoms with E-state index in [1.165, 1.54) is 4.90 Å². The molecule has 5 aliphatic rings. The zero-order valence-electron chi connectivity index (χ0n) is 31.5. The van der Waals surface area contributed by atoms with Gasteiger partial charge in [0.1, 0.15) is 23.7 Å². The third kappa shape index (κ3) is 8.34. The second-order valence-corrected chi connectivity index (χ2v) is 19.1. The maximum absolute atomic E-state index is 14.5. The normalized spacial score (nSPS) is 29.1. The number of amides is 5. The van der Waals surface area contributed by atoms with Crippen LogP contribution in [0.25, 0.3) is 6.08 Å². The van der Waals surface area contributed by atoms with Crippen LogP contribution in [0.15, 0.2) is 24.3 Å². The summed E-state index contributed by atoms with van der Waals surface area (Å²) < 4.78 is 39.2. The van der Waals surface area contributed by atoms with Crippen LogP contribution < -0.4 is 15.4 Å². The van der Waals surface area contributed by atoms with Crippen molar-refractivity contribution in [1.29, 1.82) is 0 Å². The molecule has 0 aromatic heterocycles. The van der Waals surface area contributed by atoms with E-state index < -0.39 is 74.3 Å². The predicted molar refractivity (Wildman–Crippen MR) is 195 cm³/mol. The first-order chi connectivity index (χ1) is 24.8. The maximum atomic E-state index is 14.5. The average molecular weight is 756 g/mol. The first kappa shape index (κ1) is 38.6. The number of rotatable bonds is 6. The number of benzene rings is 1. The number of allylic oxidation sites excluding steroid dienone is 1. The molecular weight excluding hydrogens is 703 g/mol. The Kier molecular flexibility index (Phi) is 10.4. The molecular formula is C38H53N5O9S. The van der Waals surface area contributed by atoms with Crippen LogP contribution in [0.4, 0.5) is 9.59 Å². The van der Waals surface area contributed by atoms with Crippen molar-refractivity contribution >= 4 is 46.0 Å². The van der Waals surface area contributed by atoms with Crippen LogP contribution in [0.5, 0.6) is 0 Å². The number of carbonyl (C=O) groups is 5. The van der Waals surface area contributed by atoms with E-state index in [0.29, 0.717) is 32.4 Å². The number of cyclic esters (lactones) is 1. The summed E-state index contributed by atoms with van der Waals surface area (Å²) in [5, 5.41) is 4.93. The van der Waals surface area contributed by atoms with Gasteiger partial charge < -0.3 is 25.0 Å². The highest BCUT2D eigenvalue weighted by Crippen LogP contribution is 2.47. The lowest BCUT2D eigenvalue weighted by Crippen LogP contribution is -2.60. The molecule has 3 N–H and O–H groups in total. The number of fused-ring (bicyclic) bond motifs is 3. The number of sulfonamides is 1. The minimum absolute atomic E-state index is 0.0670. The summed E-state index contributed by atoms with van der Waals surface area (Å²) in [6, 6.07) is 3.61. The minimum Gasteiger partial charge on any atom is -0.449 e. The van der Waals surface area contributed by atoms with Crippen molar-refractivity contribution in [2.24, 2.45) is 16.7 Å². The molecule has 14 nitrogen and oxygen atoms in total. The van der Waals surface area contributed by atoms with Crippen molar-refractivity contribution in [3.63, 3.8) is 0 Å². The Morgan fingerprint density at radius 3 is 2.49 bits per heavy atom. The van der Waals surface area contributed by atoms with Gasteiger partial charge in [0.25, 0.3) is 5.91 Å². The molecule has 6 rings (SSSR count). The van der Waals surface area contributed by atoms with Gasteiger partial charge in [0.15, 0.2) is 0 Å². The zero-order valence-corrected chi connectivity index (χ0v) is 32.3. The van der Waals surface area contributed by atoms with Gasteiger partial charge >= 0.3 is 12.2 Å². The van der Waals surface area contributed by atoms with Gasteiger partial charge in [0, 0.05) is 13.0 Å². The van der Waals surface area contributed by atoms with Crippen molar-refractivity contribution in [2.75, 3.05) is 13.2 Å². The molecule has 53 heavy (non-hydrogen) atoms. The van der Waals surface area contributed by atoms with E-state index in [0.717, 1.165) is 29.5 Å². The minimum atomic E-state index is -3.88. The van der Waals surface area contributed by atoms with E-state index in [2.05, 4.69) is 21.4 Å². The molecule has 1 saturated heterocycles. The number of nitrogens with one attached hydrogen (secondary N) is 3. The second-order valence-electron chi connectivity index (χ2n) is 17.2. The third-order valence-corrected chi connectivity index (χ3v) is 13.0. The lowest BCUT2D eigenvalue weighted by Gasteiger charge is -2.35. The van der Waals surface area contributed by atoms with Crippen LogP contribution in [0.2, 0.25) is 0 Å². The first-order valence-electron chi connectivity index (χ1n) is 18.7.